The van der Waals surface area contributed by atoms with Gasteiger partial charge in [0.25, 0.3) is 0 Å². The Morgan fingerprint density at radius 3 is 2.74 bits per heavy atom. The molecule has 164 valence electrons. The lowest BCUT2D eigenvalue weighted by atomic mass is 10.0. The number of hydrogen-bond acceptors (Lipinski definition) is 5. The zero-order valence-electron chi connectivity index (χ0n) is 18.3. The lowest BCUT2D eigenvalue weighted by molar-refractivity contribution is -0.138. The summed E-state index contributed by atoms with van der Waals surface area (Å²) in [7, 11) is 1.74. The predicted molar refractivity (Wildman–Crippen MR) is 128 cm³/mol. The van der Waals surface area contributed by atoms with E-state index in [4.69, 9.17) is 9.84 Å². The van der Waals surface area contributed by atoms with Gasteiger partial charge in [0.1, 0.15) is 6.04 Å². The highest BCUT2D eigenvalue weighted by molar-refractivity contribution is 7.99. The third-order valence-corrected chi connectivity index (χ3v) is 6.46. The molecule has 1 heterocycles. The molecule has 0 spiro atoms. The summed E-state index contributed by atoms with van der Waals surface area (Å²) in [6.45, 7) is 4.02. The number of carboxylic acid groups (broad SMARTS) is 1. The van der Waals surface area contributed by atoms with Crippen LogP contribution in [0.1, 0.15) is 47.4 Å². The summed E-state index contributed by atoms with van der Waals surface area (Å²) < 4.78 is 5.95. The Morgan fingerprint density at radius 1 is 1.29 bits per heavy atom. The first-order chi connectivity index (χ1) is 15.0. The fourth-order valence-electron chi connectivity index (χ4n) is 3.45. The van der Waals surface area contributed by atoms with Crippen LogP contribution in [0.15, 0.2) is 65.4 Å². The van der Waals surface area contributed by atoms with Crippen LogP contribution in [0.2, 0.25) is 0 Å². The molecule has 0 saturated carbocycles. The number of aryl methyl sites for hydroxylation is 2. The van der Waals surface area contributed by atoms with Crippen LogP contribution in [-0.2, 0) is 16.0 Å². The third-order valence-electron chi connectivity index (χ3n) is 5.19. The van der Waals surface area contributed by atoms with Gasteiger partial charge in [0.15, 0.2) is 0 Å². The van der Waals surface area contributed by atoms with Gasteiger partial charge in [-0.3, -0.25) is 15.1 Å². The highest BCUT2D eigenvalue weighted by Crippen LogP contribution is 2.33. The van der Waals surface area contributed by atoms with Gasteiger partial charge in [-0.2, -0.15) is 0 Å². The largest absolute Gasteiger partial charge is 0.480 e. The smallest absolute Gasteiger partial charge is 0.321 e. The summed E-state index contributed by atoms with van der Waals surface area (Å²) in [4.78, 5) is 15.4. The Bertz CT molecular complexity index is 953. The molecule has 5 nitrogen and oxygen atoms in total. The Morgan fingerprint density at radius 2 is 2.06 bits per heavy atom. The van der Waals surface area contributed by atoms with Gasteiger partial charge in [-0.05, 0) is 62.4 Å². The number of aliphatic imine (C=N–C) groups is 1. The third kappa shape index (κ3) is 6.71. The van der Waals surface area contributed by atoms with Crippen LogP contribution in [-0.4, -0.2) is 35.8 Å². The highest BCUT2D eigenvalue weighted by Gasteiger charge is 2.30. The summed E-state index contributed by atoms with van der Waals surface area (Å²) in [5.74, 6) is 1.29. The number of unbranched alkanes of at least 4 members (excludes halogenated alkanes) is 1. The van der Waals surface area contributed by atoms with Gasteiger partial charge >= 0.3 is 5.97 Å². The number of allylic oxidation sites excluding steroid dienone is 2. The van der Waals surface area contributed by atoms with Gasteiger partial charge < -0.3 is 9.84 Å². The molecule has 0 aromatic heterocycles. The highest BCUT2D eigenvalue weighted by atomic mass is 32.2. The zero-order chi connectivity index (χ0) is 22.2. The normalized spacial score (nSPS) is 19.5. The van der Waals surface area contributed by atoms with Gasteiger partial charge in [-0.15, -0.1) is 11.8 Å². The van der Waals surface area contributed by atoms with Crippen LogP contribution in [0.25, 0.3) is 0 Å². The molecule has 0 bridgehead atoms. The molecule has 6 heteroatoms. The molecule has 0 amide bonds. The molecule has 0 radical (unpaired) electrons. The van der Waals surface area contributed by atoms with E-state index in [-0.39, 0.29) is 5.37 Å². The van der Waals surface area contributed by atoms with Crippen LogP contribution in [0.3, 0.4) is 0 Å². The van der Waals surface area contributed by atoms with Crippen molar-refractivity contribution < 1.29 is 14.6 Å². The number of ether oxygens (including phenoxy) is 1. The standard InChI is InChI=1S/C25H30N2O3S/c1-17-11-13-20(14-12-17)23(26-3)30-18(2)7-4-5-8-19-9-6-10-21(15-19)24-27-22(16-31-24)25(28)29/h6-7,9-15,22,24,27H,4-5,8,16H2,1-3H3,(H,28,29)/b18-7+,26-23?. The number of hydrogen-bond donors (Lipinski definition) is 2. The molecule has 2 aromatic rings. The maximum atomic E-state index is 11.2. The lowest BCUT2D eigenvalue weighted by Gasteiger charge is -2.13. The predicted octanol–water partition coefficient (Wildman–Crippen LogP) is 5.10. The van der Waals surface area contributed by atoms with Gasteiger partial charge in [-0.25, -0.2) is 0 Å². The van der Waals surface area contributed by atoms with Crippen molar-refractivity contribution in [2.24, 2.45) is 4.99 Å². The lowest BCUT2D eigenvalue weighted by Crippen LogP contribution is -2.33. The first kappa shape index (κ1) is 23.1. The number of benzene rings is 2. The molecule has 2 unspecified atom stereocenters. The maximum Gasteiger partial charge on any atom is 0.321 e. The topological polar surface area (TPSA) is 70.9 Å². The average Bonchev–Trinajstić information content (AvgIpc) is 3.27. The summed E-state index contributed by atoms with van der Waals surface area (Å²) in [5.41, 5.74) is 4.59. The molecule has 31 heavy (non-hydrogen) atoms. The average molecular weight is 439 g/mol. The summed E-state index contributed by atoms with van der Waals surface area (Å²) in [6, 6.07) is 16.1. The molecule has 1 aliphatic heterocycles. The molecular formula is C25H30N2O3S. The van der Waals surface area contributed by atoms with Crippen LogP contribution in [0.5, 0.6) is 0 Å². The molecule has 1 saturated heterocycles. The minimum absolute atomic E-state index is 0.0464. The van der Waals surface area contributed by atoms with Gasteiger partial charge in [0, 0.05) is 18.4 Å². The van der Waals surface area contributed by atoms with Crippen LogP contribution in [0.4, 0.5) is 0 Å². The molecule has 1 aliphatic rings. The minimum Gasteiger partial charge on any atom is -0.480 e. The van der Waals surface area contributed by atoms with Crippen LogP contribution in [0, 0.1) is 6.92 Å². The number of nitrogens with one attached hydrogen (secondary N) is 1. The number of nitrogens with zero attached hydrogens (tertiary/aromatic N) is 1. The first-order valence-corrected chi connectivity index (χ1v) is 11.6. The Hall–Kier alpha value is -2.57. The number of aliphatic carboxylic acids is 1. The number of thioether (sulfide) groups is 1. The van der Waals surface area contributed by atoms with Crippen LogP contribution < -0.4 is 5.32 Å². The van der Waals surface area contributed by atoms with Crippen molar-refractivity contribution in [3.05, 3.63) is 82.6 Å². The summed E-state index contributed by atoms with van der Waals surface area (Å²) in [5, 5.41) is 12.4. The summed E-state index contributed by atoms with van der Waals surface area (Å²) >= 11 is 1.65. The Balaban J connectivity index is 1.49. The second-order valence-electron chi connectivity index (χ2n) is 7.72. The van der Waals surface area contributed by atoms with Crippen molar-refractivity contribution in [3.63, 3.8) is 0 Å². The molecule has 3 rings (SSSR count). The SMILES string of the molecule is CN=C(O/C(C)=C/CCCc1cccc(C2NC(C(=O)O)CS2)c1)c1ccc(C)cc1. The van der Waals surface area contributed by atoms with Crippen molar-refractivity contribution in [1.82, 2.24) is 5.32 Å². The van der Waals surface area contributed by atoms with E-state index in [1.54, 1.807) is 18.8 Å². The van der Waals surface area contributed by atoms with E-state index in [2.05, 4.69) is 59.7 Å². The quantitative estimate of drug-likeness (QED) is 0.260. The number of carboxylic acids is 1. The van der Waals surface area contributed by atoms with Crippen molar-refractivity contribution in [1.29, 1.82) is 0 Å². The zero-order valence-corrected chi connectivity index (χ0v) is 19.1. The molecule has 2 aromatic carbocycles. The van der Waals surface area contributed by atoms with Gasteiger partial charge in [-0.1, -0.05) is 42.0 Å². The molecule has 1 fully saturated rings. The molecule has 2 atom stereocenters. The maximum absolute atomic E-state index is 11.2. The van der Waals surface area contributed by atoms with Crippen LogP contribution >= 0.6 is 11.8 Å². The summed E-state index contributed by atoms with van der Waals surface area (Å²) in [6.07, 6.45) is 4.99. The number of rotatable bonds is 8. The molecule has 2 N–H and O–H groups in total. The van der Waals surface area contributed by atoms with Crippen molar-refractivity contribution in [2.75, 3.05) is 12.8 Å². The van der Waals surface area contributed by atoms with Crippen molar-refractivity contribution in [3.8, 4) is 0 Å². The van der Waals surface area contributed by atoms with E-state index >= 15 is 0 Å². The monoisotopic (exact) mass is 438 g/mol. The molecule has 0 aliphatic carbocycles. The minimum atomic E-state index is -0.783. The van der Waals surface area contributed by atoms with E-state index in [9.17, 15) is 4.79 Å². The van der Waals surface area contributed by atoms with E-state index in [0.717, 1.165) is 36.1 Å². The Labute approximate surface area is 188 Å². The van der Waals surface area contributed by atoms with Gasteiger partial charge in [0.05, 0.1) is 11.1 Å². The van der Waals surface area contributed by atoms with E-state index in [1.807, 2.05) is 19.1 Å². The van der Waals surface area contributed by atoms with E-state index < -0.39 is 12.0 Å². The van der Waals surface area contributed by atoms with Gasteiger partial charge in [0.2, 0.25) is 5.90 Å². The second-order valence-corrected chi connectivity index (χ2v) is 8.86. The fourth-order valence-corrected chi connectivity index (χ4v) is 4.68. The van der Waals surface area contributed by atoms with E-state index in [1.165, 1.54) is 11.1 Å². The number of carbonyl (C=O) groups is 1. The van der Waals surface area contributed by atoms with Crippen molar-refractivity contribution in [2.45, 2.75) is 44.5 Å². The molecular weight excluding hydrogens is 408 g/mol. The van der Waals surface area contributed by atoms with E-state index in [0.29, 0.717) is 11.7 Å². The van der Waals surface area contributed by atoms with Crippen molar-refractivity contribution >= 4 is 23.6 Å². The Kier molecular flexibility index (Phi) is 8.32. The second kappa shape index (κ2) is 11.2. The first-order valence-electron chi connectivity index (χ1n) is 10.5. The fraction of sp³-hybridized carbons (Fsp3) is 0.360.